The van der Waals surface area contributed by atoms with Crippen molar-refractivity contribution >= 4 is 22.7 Å². The van der Waals surface area contributed by atoms with Gasteiger partial charge < -0.3 is 40.2 Å². The second-order valence-corrected chi connectivity index (χ2v) is 23.7. The maximum absolute atomic E-state index is 6.92. The lowest BCUT2D eigenvalue weighted by molar-refractivity contribution is 0.286. The predicted molar refractivity (Wildman–Crippen MR) is 263 cm³/mol. The summed E-state index contributed by atoms with van der Waals surface area (Å²) >= 11 is 0. The Labute approximate surface area is 390 Å². The summed E-state index contributed by atoms with van der Waals surface area (Å²) in [5, 5.41) is 21.6. The van der Waals surface area contributed by atoms with Gasteiger partial charge in [0, 0.05) is 10.8 Å². The molecule has 0 radical (unpaired) electrons. The molecule has 0 N–H and O–H groups in total. The van der Waals surface area contributed by atoms with Crippen LogP contribution in [0.2, 0.25) is 0 Å². The molecule has 0 fully saturated rings. The molecule has 4 aromatic rings. The zero-order valence-corrected chi connectivity index (χ0v) is 40.5. The third kappa shape index (κ3) is 5.27. The summed E-state index contributed by atoms with van der Waals surface area (Å²) in [5.41, 5.74) is 16.7. The van der Waals surface area contributed by atoms with E-state index in [0.29, 0.717) is 11.5 Å². The predicted octanol–water partition coefficient (Wildman–Crippen LogP) is 14.7. The third-order valence-corrected chi connectivity index (χ3v) is 17.4. The molecule has 4 aromatic carbocycles. The topological polar surface area (TPSA) is 93.3 Å². The Morgan fingerprint density at radius 2 is 0.697 bits per heavy atom. The molecule has 0 saturated carbocycles. The molecule has 8 nitrogen and oxygen atoms in total. The van der Waals surface area contributed by atoms with Gasteiger partial charge in [-0.1, -0.05) is 115 Å². The molecule has 6 aliphatic carbocycles. The van der Waals surface area contributed by atoms with E-state index >= 15 is 0 Å². The van der Waals surface area contributed by atoms with Crippen LogP contribution >= 0.6 is 0 Å². The average Bonchev–Trinajstić information content (AvgIpc) is 3.80. The van der Waals surface area contributed by atoms with Gasteiger partial charge in [0.05, 0.1) is 14.2 Å². The van der Waals surface area contributed by atoms with Gasteiger partial charge in [-0.2, -0.15) is 22.7 Å². The number of fused-ring (bicyclic) bond motifs is 14. The van der Waals surface area contributed by atoms with Gasteiger partial charge in [0.1, 0.15) is 0 Å². The van der Waals surface area contributed by atoms with E-state index in [1.807, 2.05) is 0 Å². The van der Waals surface area contributed by atoms with Crippen LogP contribution in [-0.4, -0.2) is 38.4 Å². The SMILES string of the molecule is COc1cc2c(cc1OC)C1(CC2(C)C)CC(C)(C)c2cc3c(cc21)OC1=CC2[N-]c4cc5c(cc4[N-]C2C=C1O3)C(C)(C)CC51CC(C)(C)c2cc3c(cc21)[N-]C1C=C(C)C(C)=CC1[N-]3. The smallest absolute Gasteiger partial charge is 0.170 e. The minimum Gasteiger partial charge on any atom is -0.680 e. The Bertz CT molecular complexity index is 3040. The van der Waals surface area contributed by atoms with E-state index in [2.05, 4.69) is 142 Å². The number of hydrogen-bond donors (Lipinski definition) is 0. The van der Waals surface area contributed by atoms with Crippen molar-refractivity contribution in [3.05, 3.63) is 161 Å². The summed E-state index contributed by atoms with van der Waals surface area (Å²) in [5.74, 6) is 4.45. The first-order valence-corrected chi connectivity index (χ1v) is 24.1. The van der Waals surface area contributed by atoms with Crippen LogP contribution in [0.5, 0.6) is 23.0 Å². The van der Waals surface area contributed by atoms with Crippen molar-refractivity contribution in [3.8, 4) is 23.0 Å². The molecule has 66 heavy (non-hydrogen) atoms. The largest absolute Gasteiger partial charge is 0.680 e. The van der Waals surface area contributed by atoms with Crippen molar-refractivity contribution in [2.24, 2.45) is 0 Å². The van der Waals surface area contributed by atoms with Gasteiger partial charge in [-0.25, -0.2) is 0 Å². The fourth-order valence-electron chi connectivity index (χ4n) is 14.7. The summed E-state index contributed by atoms with van der Waals surface area (Å²) < 4.78 is 25.4. The first-order chi connectivity index (χ1) is 31.2. The van der Waals surface area contributed by atoms with Crippen LogP contribution in [0.4, 0.5) is 22.7 Å². The Kier molecular flexibility index (Phi) is 7.74. The first kappa shape index (κ1) is 40.5. The van der Waals surface area contributed by atoms with Crippen LogP contribution in [0.15, 0.2) is 95.5 Å². The number of nitrogens with zero attached hydrogens (tertiary/aromatic N) is 4. The number of allylic oxidation sites excluding steroid dienone is 2. The van der Waals surface area contributed by atoms with Crippen molar-refractivity contribution in [1.82, 2.24) is 0 Å². The van der Waals surface area contributed by atoms with E-state index in [1.165, 1.54) is 55.7 Å². The van der Waals surface area contributed by atoms with Crippen molar-refractivity contribution < 1.29 is 18.9 Å². The maximum atomic E-state index is 6.92. The minimum atomic E-state index is -0.216. The summed E-state index contributed by atoms with van der Waals surface area (Å²) in [6, 6.07) is 18.2. The van der Waals surface area contributed by atoms with Gasteiger partial charge in [0.15, 0.2) is 34.5 Å². The zero-order valence-electron chi connectivity index (χ0n) is 40.5. The molecule has 13 rings (SSSR count). The summed E-state index contributed by atoms with van der Waals surface area (Å²) in [6.07, 6.45) is 12.9. The molecular formula is C58H60N4O4-4. The zero-order chi connectivity index (χ0) is 45.8. The molecule has 0 bridgehead atoms. The second kappa shape index (κ2) is 12.6. The van der Waals surface area contributed by atoms with E-state index in [0.717, 1.165) is 71.4 Å². The Morgan fingerprint density at radius 1 is 0.409 bits per heavy atom. The van der Waals surface area contributed by atoms with Gasteiger partial charge in [-0.15, -0.1) is 24.2 Å². The number of methoxy groups -OCH3 is 2. The summed E-state index contributed by atoms with van der Waals surface area (Å²) in [4.78, 5) is 0. The minimum absolute atomic E-state index is 0.0391. The Morgan fingerprint density at radius 3 is 1.09 bits per heavy atom. The van der Waals surface area contributed by atoms with Crippen LogP contribution in [0.25, 0.3) is 21.3 Å². The Balaban J connectivity index is 0.850. The highest BCUT2D eigenvalue weighted by molar-refractivity contribution is 5.86. The van der Waals surface area contributed by atoms with Crippen LogP contribution < -0.4 is 18.9 Å². The van der Waals surface area contributed by atoms with E-state index in [-0.39, 0.29) is 56.7 Å². The van der Waals surface area contributed by atoms with E-state index in [1.54, 1.807) is 14.2 Å². The lowest BCUT2D eigenvalue weighted by atomic mass is 9.72. The molecule has 0 amide bonds. The third-order valence-electron chi connectivity index (χ3n) is 17.4. The highest BCUT2D eigenvalue weighted by atomic mass is 16.6. The summed E-state index contributed by atoms with van der Waals surface area (Å²) in [6.45, 7) is 23.5. The molecule has 340 valence electrons. The van der Waals surface area contributed by atoms with Crippen LogP contribution in [0.1, 0.15) is 139 Å². The van der Waals surface area contributed by atoms with Crippen LogP contribution in [0, 0.1) is 0 Å². The van der Waals surface area contributed by atoms with E-state index in [9.17, 15) is 0 Å². The number of benzene rings is 4. The van der Waals surface area contributed by atoms with Crippen molar-refractivity contribution in [1.29, 1.82) is 0 Å². The van der Waals surface area contributed by atoms with Gasteiger partial charge in [-0.05, 0) is 130 Å². The van der Waals surface area contributed by atoms with Crippen molar-refractivity contribution in [2.45, 2.75) is 152 Å². The van der Waals surface area contributed by atoms with E-state index in [4.69, 9.17) is 40.2 Å². The molecule has 2 spiro atoms. The highest BCUT2D eigenvalue weighted by Crippen LogP contribution is 2.68. The van der Waals surface area contributed by atoms with Crippen molar-refractivity contribution in [3.63, 3.8) is 0 Å². The number of rotatable bonds is 2. The number of ether oxygens (including phenoxy) is 4. The number of hydrogen-bond acceptors (Lipinski definition) is 4. The van der Waals surface area contributed by atoms with Gasteiger partial charge in [0.2, 0.25) is 0 Å². The molecule has 0 saturated heterocycles. The van der Waals surface area contributed by atoms with Gasteiger partial charge in [0.25, 0.3) is 0 Å². The first-order valence-electron chi connectivity index (χ1n) is 24.1. The highest BCUT2D eigenvalue weighted by Gasteiger charge is 2.58. The lowest BCUT2D eigenvalue weighted by Gasteiger charge is -2.55. The standard InChI is InChI=1S/C58H60N4O4/c1-29-13-39-40(14-30(29)2)60-43-17-35-31(15-41(43)59-39)53(3,4)25-57(35)26-54(5,6)32-16-42-44(18-36(32)57)62-46-24-52-51(23-45(46)61-42)65-49-20-34-38(22-50(49)66-52)58(28-56(34,9)10)27-55(7,8)33-19-47(63-11)48(64-12)21-37(33)58/h13-24,39-40,45-46H,25-28H2,1-12H3/q-4. The average molecular weight is 877 g/mol. The fourth-order valence-corrected chi connectivity index (χ4v) is 14.7. The van der Waals surface area contributed by atoms with Crippen LogP contribution in [0.3, 0.4) is 0 Å². The van der Waals surface area contributed by atoms with Gasteiger partial charge in [-0.3, -0.25) is 0 Å². The normalized spacial score (nSPS) is 30.4. The molecule has 8 heteroatoms. The molecule has 9 aliphatic rings. The fraction of sp³-hybridized carbons (Fsp3) is 0.448. The van der Waals surface area contributed by atoms with Crippen molar-refractivity contribution in [2.75, 3.05) is 14.2 Å². The monoisotopic (exact) mass is 876 g/mol. The van der Waals surface area contributed by atoms with Gasteiger partial charge >= 0.3 is 0 Å². The molecule has 6 atom stereocenters. The Hall–Kier alpha value is -5.76. The molecule has 0 aromatic heterocycles. The lowest BCUT2D eigenvalue weighted by Crippen LogP contribution is -2.30. The second-order valence-electron chi connectivity index (χ2n) is 23.7. The summed E-state index contributed by atoms with van der Waals surface area (Å²) in [7, 11) is 3.44. The van der Waals surface area contributed by atoms with E-state index < -0.39 is 0 Å². The molecule has 6 unspecified atom stereocenters. The van der Waals surface area contributed by atoms with Crippen LogP contribution in [-0.2, 0) is 32.5 Å². The molecule has 3 aliphatic heterocycles. The maximum Gasteiger partial charge on any atom is 0.170 e. The quantitative estimate of drug-likeness (QED) is 0.200. The molecular weight excluding hydrogens is 817 g/mol. The molecule has 3 heterocycles.